The average molecular weight is 255 g/mol. The van der Waals surface area contributed by atoms with Crippen molar-refractivity contribution in [3.8, 4) is 0 Å². The Morgan fingerprint density at radius 1 is 1.41 bits per heavy atom. The average Bonchev–Trinajstić information content (AvgIpc) is 2.75. The summed E-state index contributed by atoms with van der Waals surface area (Å²) in [6.45, 7) is 4.29. The van der Waals surface area contributed by atoms with Gasteiger partial charge in [-0.3, -0.25) is 0 Å². The molecule has 1 aliphatic carbocycles. The Kier molecular flexibility index (Phi) is 2.59. The van der Waals surface area contributed by atoms with Crippen LogP contribution in [0.1, 0.15) is 20.3 Å². The van der Waals surface area contributed by atoms with Gasteiger partial charge in [-0.2, -0.15) is 0 Å². The first-order valence-electron chi connectivity index (χ1n) is 5.39. The van der Waals surface area contributed by atoms with Crippen molar-refractivity contribution in [2.45, 2.75) is 31.2 Å². The van der Waals surface area contributed by atoms with E-state index in [1.54, 1.807) is 6.07 Å². The molecule has 0 amide bonds. The Labute approximate surface area is 101 Å². The van der Waals surface area contributed by atoms with Gasteiger partial charge < -0.3 is 11.1 Å². The van der Waals surface area contributed by atoms with E-state index in [1.807, 2.05) is 0 Å². The quantitative estimate of drug-likeness (QED) is 0.705. The minimum Gasteiger partial charge on any atom is -0.397 e. The summed E-state index contributed by atoms with van der Waals surface area (Å²) in [5, 5.41) is 8.32. The zero-order chi connectivity index (χ0) is 12.8. The second-order valence-corrected chi connectivity index (χ2v) is 6.75. The van der Waals surface area contributed by atoms with Crippen molar-refractivity contribution in [3.05, 3.63) is 18.2 Å². The molecule has 0 radical (unpaired) electrons. The third-order valence-corrected chi connectivity index (χ3v) is 4.11. The monoisotopic (exact) mass is 255 g/mol. The van der Waals surface area contributed by atoms with Crippen LogP contribution in [0.25, 0.3) is 0 Å². The molecule has 1 saturated carbocycles. The standard InChI is InChI=1S/C11H17N3O2S/c1-11(2)6-10(11)14-9-5-7(17(13,15)16)3-4-8(9)12/h3-5,10,14H,6,12H2,1-2H3,(H2,13,15,16). The molecule has 1 aromatic rings. The van der Waals surface area contributed by atoms with Crippen LogP contribution in [0, 0.1) is 5.41 Å². The molecule has 5 nitrogen and oxygen atoms in total. The van der Waals surface area contributed by atoms with Crippen LogP contribution in [0.2, 0.25) is 0 Å². The lowest BCUT2D eigenvalue weighted by atomic mass is 10.2. The lowest BCUT2D eigenvalue weighted by Gasteiger charge is -2.12. The second-order valence-electron chi connectivity index (χ2n) is 5.18. The topological polar surface area (TPSA) is 98.2 Å². The van der Waals surface area contributed by atoms with Crippen LogP contribution in [-0.4, -0.2) is 14.5 Å². The summed E-state index contributed by atoms with van der Waals surface area (Å²) in [5.41, 5.74) is 7.20. The molecule has 1 aliphatic rings. The van der Waals surface area contributed by atoms with Gasteiger partial charge in [0.05, 0.1) is 16.3 Å². The van der Waals surface area contributed by atoms with E-state index in [-0.39, 0.29) is 10.3 Å². The van der Waals surface area contributed by atoms with E-state index < -0.39 is 10.0 Å². The molecule has 1 aromatic carbocycles. The van der Waals surface area contributed by atoms with Crippen LogP contribution >= 0.6 is 0 Å². The summed E-state index contributed by atoms with van der Waals surface area (Å²) in [7, 11) is -3.68. The zero-order valence-corrected chi connectivity index (χ0v) is 10.7. The van der Waals surface area contributed by atoms with Crippen molar-refractivity contribution in [3.63, 3.8) is 0 Å². The molecule has 0 aliphatic heterocycles. The highest BCUT2D eigenvalue weighted by Crippen LogP contribution is 2.47. The number of benzene rings is 1. The first-order valence-corrected chi connectivity index (χ1v) is 6.94. The summed E-state index contributed by atoms with van der Waals surface area (Å²) in [6, 6.07) is 4.78. The van der Waals surface area contributed by atoms with Gasteiger partial charge in [0.1, 0.15) is 0 Å². The minimum absolute atomic E-state index is 0.0765. The highest BCUT2D eigenvalue weighted by atomic mass is 32.2. The summed E-state index contributed by atoms with van der Waals surface area (Å²) in [5.74, 6) is 0. The SMILES string of the molecule is CC1(C)CC1Nc1cc(S(N)(=O)=O)ccc1N. The maximum Gasteiger partial charge on any atom is 0.238 e. The highest BCUT2D eigenvalue weighted by molar-refractivity contribution is 7.89. The molecule has 0 spiro atoms. The van der Waals surface area contributed by atoms with E-state index in [1.165, 1.54) is 12.1 Å². The van der Waals surface area contributed by atoms with Crippen molar-refractivity contribution in [1.29, 1.82) is 0 Å². The fraction of sp³-hybridized carbons (Fsp3) is 0.455. The number of anilines is 2. The Morgan fingerprint density at radius 2 is 2.00 bits per heavy atom. The third kappa shape index (κ3) is 2.53. The predicted molar refractivity (Wildman–Crippen MR) is 68.0 cm³/mol. The summed E-state index contributed by atoms with van der Waals surface area (Å²) in [6.07, 6.45) is 1.05. The Morgan fingerprint density at radius 3 is 2.47 bits per heavy atom. The number of nitrogen functional groups attached to an aromatic ring is 1. The van der Waals surface area contributed by atoms with Crippen molar-refractivity contribution in [2.24, 2.45) is 10.6 Å². The predicted octanol–water partition coefficient (Wildman–Crippen LogP) is 1.13. The minimum atomic E-state index is -3.68. The van der Waals surface area contributed by atoms with E-state index >= 15 is 0 Å². The van der Waals surface area contributed by atoms with E-state index in [9.17, 15) is 8.42 Å². The number of hydrogen-bond acceptors (Lipinski definition) is 4. The van der Waals surface area contributed by atoms with E-state index in [0.29, 0.717) is 17.4 Å². The van der Waals surface area contributed by atoms with Crippen LogP contribution in [0.15, 0.2) is 23.1 Å². The second kappa shape index (κ2) is 3.61. The number of hydrogen-bond donors (Lipinski definition) is 3. The van der Waals surface area contributed by atoms with Crippen molar-refractivity contribution in [2.75, 3.05) is 11.1 Å². The van der Waals surface area contributed by atoms with Gasteiger partial charge in [-0.1, -0.05) is 13.8 Å². The molecule has 0 saturated heterocycles. The molecule has 2 rings (SSSR count). The number of nitrogens with one attached hydrogen (secondary N) is 1. The number of rotatable bonds is 3. The maximum atomic E-state index is 11.2. The van der Waals surface area contributed by atoms with E-state index in [4.69, 9.17) is 10.9 Å². The third-order valence-electron chi connectivity index (χ3n) is 3.20. The van der Waals surface area contributed by atoms with Gasteiger partial charge in [0.15, 0.2) is 0 Å². The molecule has 5 N–H and O–H groups in total. The van der Waals surface area contributed by atoms with Gasteiger partial charge in [-0.15, -0.1) is 0 Å². The van der Waals surface area contributed by atoms with Gasteiger partial charge in [0, 0.05) is 6.04 Å². The number of sulfonamides is 1. The molecular formula is C11H17N3O2S. The molecule has 17 heavy (non-hydrogen) atoms. The van der Waals surface area contributed by atoms with Gasteiger partial charge in [0.2, 0.25) is 10.0 Å². The lowest BCUT2D eigenvalue weighted by Crippen LogP contribution is -2.14. The fourth-order valence-electron chi connectivity index (χ4n) is 1.74. The normalized spacial score (nSPS) is 22.2. The Bertz CT molecular complexity index is 552. The lowest BCUT2D eigenvalue weighted by molar-refractivity contribution is 0.598. The molecule has 94 valence electrons. The van der Waals surface area contributed by atoms with Crippen molar-refractivity contribution < 1.29 is 8.42 Å². The zero-order valence-electron chi connectivity index (χ0n) is 9.90. The van der Waals surface area contributed by atoms with Crippen molar-refractivity contribution in [1.82, 2.24) is 0 Å². The van der Waals surface area contributed by atoms with Crippen LogP contribution < -0.4 is 16.2 Å². The van der Waals surface area contributed by atoms with Gasteiger partial charge in [-0.25, -0.2) is 13.6 Å². The van der Waals surface area contributed by atoms with Gasteiger partial charge >= 0.3 is 0 Å². The van der Waals surface area contributed by atoms with Gasteiger partial charge in [-0.05, 0) is 30.0 Å². The molecule has 0 heterocycles. The van der Waals surface area contributed by atoms with Gasteiger partial charge in [0.25, 0.3) is 0 Å². The fourth-order valence-corrected chi connectivity index (χ4v) is 2.28. The van der Waals surface area contributed by atoms with Crippen LogP contribution in [0.4, 0.5) is 11.4 Å². The molecule has 1 atom stereocenters. The largest absolute Gasteiger partial charge is 0.397 e. The summed E-state index contributed by atoms with van der Waals surface area (Å²) in [4.78, 5) is 0.0765. The van der Waals surface area contributed by atoms with E-state index in [0.717, 1.165) is 6.42 Å². The van der Waals surface area contributed by atoms with Crippen LogP contribution in [0.3, 0.4) is 0 Å². The molecule has 0 bridgehead atoms. The summed E-state index contributed by atoms with van der Waals surface area (Å²) < 4.78 is 22.5. The number of primary sulfonamides is 1. The highest BCUT2D eigenvalue weighted by Gasteiger charge is 2.45. The molecule has 1 unspecified atom stereocenters. The summed E-state index contributed by atoms with van der Waals surface area (Å²) >= 11 is 0. The maximum absolute atomic E-state index is 11.2. The number of nitrogens with two attached hydrogens (primary N) is 2. The molecule has 6 heteroatoms. The Balaban J connectivity index is 2.28. The van der Waals surface area contributed by atoms with Crippen molar-refractivity contribution >= 4 is 21.4 Å². The smallest absolute Gasteiger partial charge is 0.238 e. The molecular weight excluding hydrogens is 238 g/mol. The van der Waals surface area contributed by atoms with Crippen LogP contribution in [-0.2, 0) is 10.0 Å². The van der Waals surface area contributed by atoms with E-state index in [2.05, 4.69) is 19.2 Å². The first-order chi connectivity index (χ1) is 7.70. The molecule has 0 aromatic heterocycles. The Hall–Kier alpha value is -1.27. The van der Waals surface area contributed by atoms with Crippen LogP contribution in [0.5, 0.6) is 0 Å². The molecule has 1 fully saturated rings. The first kappa shape index (κ1) is 12.2.